The Labute approximate surface area is 174 Å². The van der Waals surface area contributed by atoms with Crippen LogP contribution in [0.4, 0.5) is 0 Å². The fraction of sp³-hybridized carbons (Fsp3) is 0.182. The minimum Gasteiger partial charge on any atom is -0.497 e. The number of carbonyl (C=O) groups excluding carboxylic acids is 2. The maximum atomic E-state index is 12.0. The standard InChI is InChI=1S/C22H23N3O5/c1-30-18-10-7-16(8-11-18)9-13-20(26)23-15-21(27)25-24-19(12-14-22(28)29)17-5-3-2-4-6-17/h2-11,13H,12,14-15H2,1H3,(H,23,26)(H,25,27)(H,28,29)/b13-9+,24-19+. The molecule has 0 radical (unpaired) electrons. The molecule has 2 amide bonds. The van der Waals surface area contributed by atoms with E-state index in [0.717, 1.165) is 5.56 Å². The van der Waals surface area contributed by atoms with Crippen molar-refractivity contribution in [2.24, 2.45) is 5.10 Å². The number of nitrogens with zero attached hydrogens (tertiary/aromatic N) is 1. The van der Waals surface area contributed by atoms with E-state index in [1.54, 1.807) is 61.7 Å². The number of hydrazone groups is 1. The second kappa shape index (κ2) is 11.8. The van der Waals surface area contributed by atoms with Gasteiger partial charge >= 0.3 is 5.97 Å². The number of nitrogens with one attached hydrogen (secondary N) is 2. The third-order valence-corrected chi connectivity index (χ3v) is 3.96. The summed E-state index contributed by atoms with van der Waals surface area (Å²) in [7, 11) is 1.57. The average molecular weight is 409 g/mol. The summed E-state index contributed by atoms with van der Waals surface area (Å²) in [4.78, 5) is 34.7. The maximum Gasteiger partial charge on any atom is 0.303 e. The molecule has 0 aliphatic carbocycles. The Bertz CT molecular complexity index is 922. The lowest BCUT2D eigenvalue weighted by atomic mass is 10.1. The Hall–Kier alpha value is -3.94. The first-order valence-corrected chi connectivity index (χ1v) is 9.20. The fourth-order valence-corrected chi connectivity index (χ4v) is 2.40. The number of hydrogen-bond donors (Lipinski definition) is 3. The van der Waals surface area contributed by atoms with Gasteiger partial charge in [-0.05, 0) is 29.3 Å². The highest BCUT2D eigenvalue weighted by Crippen LogP contribution is 2.12. The monoisotopic (exact) mass is 409 g/mol. The molecule has 0 heterocycles. The highest BCUT2D eigenvalue weighted by molar-refractivity contribution is 6.02. The van der Waals surface area contributed by atoms with Crippen LogP contribution in [0, 0.1) is 0 Å². The van der Waals surface area contributed by atoms with E-state index < -0.39 is 17.8 Å². The highest BCUT2D eigenvalue weighted by Gasteiger charge is 2.08. The smallest absolute Gasteiger partial charge is 0.303 e. The molecular weight excluding hydrogens is 386 g/mol. The second-order valence-corrected chi connectivity index (χ2v) is 6.18. The largest absolute Gasteiger partial charge is 0.497 e. The molecule has 8 heteroatoms. The molecule has 0 saturated heterocycles. The van der Waals surface area contributed by atoms with Gasteiger partial charge in [-0.1, -0.05) is 42.5 Å². The molecule has 156 valence electrons. The van der Waals surface area contributed by atoms with Gasteiger partial charge in [-0.3, -0.25) is 14.4 Å². The maximum absolute atomic E-state index is 12.0. The molecule has 2 aromatic rings. The first-order valence-electron chi connectivity index (χ1n) is 9.20. The van der Waals surface area contributed by atoms with Gasteiger partial charge in [-0.2, -0.15) is 5.10 Å². The normalized spacial score (nSPS) is 11.2. The lowest BCUT2D eigenvalue weighted by Crippen LogP contribution is -2.34. The van der Waals surface area contributed by atoms with Gasteiger partial charge in [-0.15, -0.1) is 0 Å². The van der Waals surface area contributed by atoms with Crippen molar-refractivity contribution >= 4 is 29.6 Å². The number of benzene rings is 2. The summed E-state index contributed by atoms with van der Waals surface area (Å²) in [5.41, 5.74) is 4.32. The number of carboxylic acids is 1. The van der Waals surface area contributed by atoms with Crippen LogP contribution in [0.25, 0.3) is 6.08 Å². The zero-order chi connectivity index (χ0) is 21.8. The van der Waals surface area contributed by atoms with Gasteiger partial charge in [0.1, 0.15) is 5.75 Å². The molecule has 0 saturated carbocycles. The van der Waals surface area contributed by atoms with E-state index >= 15 is 0 Å². The van der Waals surface area contributed by atoms with Crippen LogP contribution < -0.4 is 15.5 Å². The van der Waals surface area contributed by atoms with E-state index in [-0.39, 0.29) is 19.4 Å². The summed E-state index contributed by atoms with van der Waals surface area (Å²) in [5, 5.41) is 15.4. The lowest BCUT2D eigenvalue weighted by molar-refractivity contribution is -0.136. The van der Waals surface area contributed by atoms with E-state index in [9.17, 15) is 14.4 Å². The number of carbonyl (C=O) groups is 3. The first kappa shape index (κ1) is 22.4. The number of aliphatic carboxylic acids is 1. The molecule has 0 unspecified atom stereocenters. The zero-order valence-electron chi connectivity index (χ0n) is 16.5. The Morgan fingerprint density at radius 1 is 1.03 bits per heavy atom. The minimum atomic E-state index is -0.958. The molecule has 2 aromatic carbocycles. The SMILES string of the molecule is COc1ccc(/C=C/C(=O)NCC(=O)N/N=C(\CCC(=O)O)c2ccccc2)cc1. The molecule has 30 heavy (non-hydrogen) atoms. The van der Waals surface area contributed by atoms with Gasteiger partial charge in [-0.25, -0.2) is 5.43 Å². The predicted octanol–water partition coefficient (Wildman–Crippen LogP) is 2.21. The summed E-state index contributed by atoms with van der Waals surface area (Å²) in [6.45, 7) is -0.268. The van der Waals surface area contributed by atoms with Gasteiger partial charge in [0.15, 0.2) is 0 Å². The fourth-order valence-electron chi connectivity index (χ4n) is 2.40. The first-order chi connectivity index (χ1) is 14.5. The molecular formula is C22H23N3O5. The van der Waals surface area contributed by atoms with Crippen LogP contribution in [0.3, 0.4) is 0 Å². The predicted molar refractivity (Wildman–Crippen MR) is 113 cm³/mol. The Kier molecular flexibility index (Phi) is 8.79. The molecule has 0 aliphatic heterocycles. The minimum absolute atomic E-state index is 0.115. The van der Waals surface area contributed by atoms with Gasteiger partial charge in [0, 0.05) is 12.5 Å². The van der Waals surface area contributed by atoms with Crippen molar-refractivity contribution in [1.29, 1.82) is 0 Å². The average Bonchev–Trinajstić information content (AvgIpc) is 2.77. The summed E-state index contributed by atoms with van der Waals surface area (Å²) in [6, 6.07) is 16.1. The van der Waals surface area contributed by atoms with Crippen molar-refractivity contribution in [2.75, 3.05) is 13.7 Å². The lowest BCUT2D eigenvalue weighted by Gasteiger charge is -2.07. The highest BCUT2D eigenvalue weighted by atomic mass is 16.5. The number of amides is 2. The molecule has 2 rings (SSSR count). The van der Waals surface area contributed by atoms with Crippen LogP contribution in [0.2, 0.25) is 0 Å². The Morgan fingerprint density at radius 3 is 2.37 bits per heavy atom. The molecule has 0 bridgehead atoms. The molecule has 8 nitrogen and oxygen atoms in total. The zero-order valence-corrected chi connectivity index (χ0v) is 16.5. The van der Waals surface area contributed by atoms with Crippen molar-refractivity contribution in [3.05, 3.63) is 71.8 Å². The van der Waals surface area contributed by atoms with Crippen molar-refractivity contribution < 1.29 is 24.2 Å². The van der Waals surface area contributed by atoms with E-state index in [1.807, 2.05) is 6.07 Å². The van der Waals surface area contributed by atoms with Crippen molar-refractivity contribution in [1.82, 2.24) is 10.7 Å². The number of ether oxygens (including phenoxy) is 1. The van der Waals surface area contributed by atoms with Gasteiger partial charge in [0.2, 0.25) is 5.91 Å². The summed E-state index contributed by atoms with van der Waals surface area (Å²) in [6.07, 6.45) is 2.98. The molecule has 0 atom stereocenters. The van der Waals surface area contributed by atoms with Crippen molar-refractivity contribution in [2.45, 2.75) is 12.8 Å². The van der Waals surface area contributed by atoms with E-state index in [0.29, 0.717) is 17.0 Å². The quantitative estimate of drug-likeness (QED) is 0.316. The van der Waals surface area contributed by atoms with Crippen molar-refractivity contribution in [3.63, 3.8) is 0 Å². The second-order valence-electron chi connectivity index (χ2n) is 6.18. The number of carboxylic acid groups (broad SMARTS) is 1. The molecule has 0 aromatic heterocycles. The molecule has 0 aliphatic rings. The van der Waals surface area contributed by atoms with Gasteiger partial charge in [0.25, 0.3) is 5.91 Å². The van der Waals surface area contributed by atoms with Gasteiger partial charge in [0.05, 0.1) is 25.8 Å². The van der Waals surface area contributed by atoms with Gasteiger partial charge < -0.3 is 15.2 Å². The third kappa shape index (κ3) is 7.97. The van der Waals surface area contributed by atoms with E-state index in [4.69, 9.17) is 9.84 Å². The summed E-state index contributed by atoms with van der Waals surface area (Å²) >= 11 is 0. The third-order valence-electron chi connectivity index (χ3n) is 3.96. The van der Waals surface area contributed by atoms with Crippen LogP contribution in [-0.2, 0) is 14.4 Å². The molecule has 0 spiro atoms. The van der Waals surface area contributed by atoms with Crippen LogP contribution in [0.1, 0.15) is 24.0 Å². The number of methoxy groups -OCH3 is 1. The van der Waals surface area contributed by atoms with E-state index in [1.165, 1.54) is 6.08 Å². The summed E-state index contributed by atoms with van der Waals surface area (Å²) < 4.78 is 5.07. The van der Waals surface area contributed by atoms with Crippen LogP contribution in [0.5, 0.6) is 5.75 Å². The molecule has 3 N–H and O–H groups in total. The van der Waals surface area contributed by atoms with Crippen LogP contribution in [0.15, 0.2) is 65.8 Å². The molecule has 0 fully saturated rings. The topological polar surface area (TPSA) is 117 Å². The van der Waals surface area contributed by atoms with E-state index in [2.05, 4.69) is 15.8 Å². The van der Waals surface area contributed by atoms with Crippen LogP contribution >= 0.6 is 0 Å². The Morgan fingerprint density at radius 2 is 1.73 bits per heavy atom. The Balaban J connectivity index is 1.87. The van der Waals surface area contributed by atoms with Crippen LogP contribution in [-0.4, -0.2) is 42.3 Å². The number of rotatable bonds is 10. The number of hydrogen-bond acceptors (Lipinski definition) is 5. The summed E-state index contributed by atoms with van der Waals surface area (Å²) in [5.74, 6) is -1.20. The van der Waals surface area contributed by atoms with Crippen molar-refractivity contribution in [3.8, 4) is 5.75 Å².